The van der Waals surface area contributed by atoms with Crippen LogP contribution in [0.2, 0.25) is 0 Å². The lowest BCUT2D eigenvalue weighted by Crippen LogP contribution is -2.45. The van der Waals surface area contributed by atoms with Crippen molar-refractivity contribution in [3.63, 3.8) is 0 Å². The minimum Gasteiger partial charge on any atom is -0.318 e. The third-order valence-electron chi connectivity index (χ3n) is 4.68. The van der Waals surface area contributed by atoms with Crippen molar-refractivity contribution in [1.29, 1.82) is 0 Å². The Kier molecular flexibility index (Phi) is 5.79. The molecule has 0 aromatic rings. The number of nitrogens with zero attached hydrogens (tertiary/aromatic N) is 1. The van der Waals surface area contributed by atoms with Crippen LogP contribution >= 0.6 is 0 Å². The molecule has 2 fully saturated rings. The summed E-state index contributed by atoms with van der Waals surface area (Å²) in [6.07, 6.45) is 13.2. The van der Waals surface area contributed by atoms with Crippen LogP contribution in [0.25, 0.3) is 0 Å². The maximum absolute atomic E-state index is 3.41. The fourth-order valence-electron chi connectivity index (χ4n) is 3.69. The molecule has 1 N–H and O–H groups in total. The van der Waals surface area contributed by atoms with Crippen molar-refractivity contribution >= 4 is 0 Å². The van der Waals surface area contributed by atoms with Crippen LogP contribution in [0.1, 0.15) is 57.8 Å². The molecule has 0 aromatic heterocycles. The molecule has 1 heterocycles. The topological polar surface area (TPSA) is 15.3 Å². The van der Waals surface area contributed by atoms with Crippen molar-refractivity contribution in [3.05, 3.63) is 0 Å². The molecule has 2 rings (SSSR count). The van der Waals surface area contributed by atoms with E-state index >= 15 is 0 Å². The predicted molar refractivity (Wildman–Crippen MR) is 74.3 cm³/mol. The molecule has 1 saturated heterocycles. The van der Waals surface area contributed by atoms with Gasteiger partial charge in [0, 0.05) is 12.6 Å². The van der Waals surface area contributed by atoms with Gasteiger partial charge in [-0.1, -0.05) is 38.5 Å². The van der Waals surface area contributed by atoms with Gasteiger partial charge >= 0.3 is 0 Å². The summed E-state index contributed by atoms with van der Waals surface area (Å²) in [6, 6.07) is 0.809. The van der Waals surface area contributed by atoms with Gasteiger partial charge in [-0.15, -0.1) is 0 Å². The zero-order valence-corrected chi connectivity index (χ0v) is 11.6. The monoisotopic (exact) mass is 238 g/mol. The van der Waals surface area contributed by atoms with Crippen molar-refractivity contribution in [3.8, 4) is 0 Å². The van der Waals surface area contributed by atoms with E-state index < -0.39 is 0 Å². The van der Waals surface area contributed by atoms with Crippen LogP contribution in [0.15, 0.2) is 0 Å². The summed E-state index contributed by atoms with van der Waals surface area (Å²) >= 11 is 0. The first-order valence-electron chi connectivity index (χ1n) is 7.79. The Bertz CT molecular complexity index is 193. The number of likely N-dealkylation sites (tertiary alicyclic amines) is 1. The maximum Gasteiger partial charge on any atom is 0.0223 e. The lowest BCUT2D eigenvalue weighted by Gasteiger charge is -2.37. The van der Waals surface area contributed by atoms with Gasteiger partial charge in [0.2, 0.25) is 0 Å². The highest BCUT2D eigenvalue weighted by Gasteiger charge is 2.24. The molecule has 1 atom stereocenters. The van der Waals surface area contributed by atoms with Crippen LogP contribution in [0.5, 0.6) is 0 Å². The number of hydrogen-bond donors (Lipinski definition) is 1. The van der Waals surface area contributed by atoms with E-state index in [2.05, 4.69) is 17.3 Å². The Labute approximate surface area is 107 Å². The van der Waals surface area contributed by atoms with Gasteiger partial charge in [0.1, 0.15) is 0 Å². The molecule has 17 heavy (non-hydrogen) atoms. The van der Waals surface area contributed by atoms with Gasteiger partial charge in [0.25, 0.3) is 0 Å². The van der Waals surface area contributed by atoms with Gasteiger partial charge in [0.05, 0.1) is 0 Å². The average molecular weight is 238 g/mol. The first-order valence-corrected chi connectivity index (χ1v) is 7.79. The van der Waals surface area contributed by atoms with E-state index in [9.17, 15) is 0 Å². The quantitative estimate of drug-likeness (QED) is 0.792. The summed E-state index contributed by atoms with van der Waals surface area (Å²) in [4.78, 5) is 2.76. The van der Waals surface area contributed by atoms with Crippen LogP contribution in [0.4, 0.5) is 0 Å². The average Bonchev–Trinajstić information content (AvgIpc) is 2.40. The second kappa shape index (κ2) is 7.38. The van der Waals surface area contributed by atoms with Crippen molar-refractivity contribution in [1.82, 2.24) is 10.2 Å². The van der Waals surface area contributed by atoms with Crippen LogP contribution in [-0.4, -0.2) is 37.6 Å². The number of rotatable bonds is 5. The minimum atomic E-state index is 0.809. The zero-order chi connectivity index (χ0) is 11.9. The molecule has 0 spiro atoms. The standard InChI is InChI=1S/C15H30N2/c1-16-13-15(17-10-6-3-7-11-17)12-14-8-4-2-5-9-14/h14-16H,2-13H2,1H3. The highest BCUT2D eigenvalue weighted by atomic mass is 15.2. The van der Waals surface area contributed by atoms with E-state index in [0.717, 1.165) is 12.0 Å². The number of nitrogens with one attached hydrogen (secondary N) is 1. The number of piperidine rings is 1. The molecule has 1 unspecified atom stereocenters. The Hall–Kier alpha value is -0.0800. The normalized spacial score (nSPS) is 25.9. The van der Waals surface area contributed by atoms with Crippen molar-refractivity contribution < 1.29 is 0 Å². The van der Waals surface area contributed by atoms with Crippen LogP contribution in [-0.2, 0) is 0 Å². The second-order valence-electron chi connectivity index (χ2n) is 6.05. The van der Waals surface area contributed by atoms with Gasteiger partial charge in [-0.05, 0) is 45.3 Å². The Morgan fingerprint density at radius 2 is 1.65 bits per heavy atom. The van der Waals surface area contributed by atoms with Crippen molar-refractivity contribution in [2.24, 2.45) is 5.92 Å². The van der Waals surface area contributed by atoms with Crippen LogP contribution < -0.4 is 5.32 Å². The SMILES string of the molecule is CNCC(CC1CCCCC1)N1CCCCC1. The van der Waals surface area contributed by atoms with E-state index in [1.54, 1.807) is 0 Å². The van der Waals surface area contributed by atoms with Crippen molar-refractivity contribution in [2.45, 2.75) is 63.8 Å². The van der Waals surface area contributed by atoms with E-state index in [0.29, 0.717) is 0 Å². The molecule has 1 aliphatic heterocycles. The lowest BCUT2D eigenvalue weighted by molar-refractivity contribution is 0.131. The third-order valence-corrected chi connectivity index (χ3v) is 4.68. The number of hydrogen-bond acceptors (Lipinski definition) is 2. The van der Waals surface area contributed by atoms with Gasteiger partial charge in [-0.25, -0.2) is 0 Å². The third kappa shape index (κ3) is 4.26. The molecule has 2 heteroatoms. The number of likely N-dealkylation sites (N-methyl/N-ethyl adjacent to an activating group) is 1. The van der Waals surface area contributed by atoms with E-state index in [1.165, 1.54) is 77.4 Å². The summed E-state index contributed by atoms with van der Waals surface area (Å²) in [7, 11) is 2.11. The molecule has 100 valence electrons. The minimum absolute atomic E-state index is 0.809. The van der Waals surface area contributed by atoms with Crippen LogP contribution in [0.3, 0.4) is 0 Å². The van der Waals surface area contributed by atoms with Crippen LogP contribution in [0, 0.1) is 5.92 Å². The highest BCUT2D eigenvalue weighted by Crippen LogP contribution is 2.29. The van der Waals surface area contributed by atoms with Gasteiger partial charge in [-0.2, -0.15) is 0 Å². The van der Waals surface area contributed by atoms with Gasteiger partial charge < -0.3 is 5.32 Å². The fourth-order valence-corrected chi connectivity index (χ4v) is 3.69. The molecule has 0 radical (unpaired) electrons. The lowest BCUT2D eigenvalue weighted by atomic mass is 9.84. The van der Waals surface area contributed by atoms with E-state index in [-0.39, 0.29) is 0 Å². The largest absolute Gasteiger partial charge is 0.318 e. The van der Waals surface area contributed by atoms with Gasteiger partial charge in [0.15, 0.2) is 0 Å². The molecule has 1 saturated carbocycles. The zero-order valence-electron chi connectivity index (χ0n) is 11.6. The molecular formula is C15H30N2. The summed E-state index contributed by atoms with van der Waals surface area (Å²) < 4.78 is 0. The predicted octanol–water partition coefficient (Wildman–Crippen LogP) is 3.03. The van der Waals surface area contributed by atoms with E-state index in [1.807, 2.05) is 0 Å². The highest BCUT2D eigenvalue weighted by molar-refractivity contribution is 4.80. The van der Waals surface area contributed by atoms with Gasteiger partial charge in [-0.3, -0.25) is 4.90 Å². The molecule has 0 amide bonds. The van der Waals surface area contributed by atoms with E-state index in [4.69, 9.17) is 0 Å². The smallest absolute Gasteiger partial charge is 0.0223 e. The molecule has 2 aliphatic rings. The maximum atomic E-state index is 3.41. The second-order valence-corrected chi connectivity index (χ2v) is 6.05. The Balaban J connectivity index is 1.81. The Morgan fingerprint density at radius 1 is 1.00 bits per heavy atom. The summed E-state index contributed by atoms with van der Waals surface area (Å²) in [5, 5.41) is 3.41. The summed E-state index contributed by atoms with van der Waals surface area (Å²) in [5.41, 5.74) is 0. The summed E-state index contributed by atoms with van der Waals surface area (Å²) in [6.45, 7) is 3.88. The first-order chi connectivity index (χ1) is 8.40. The molecule has 0 aromatic carbocycles. The van der Waals surface area contributed by atoms with Crippen molar-refractivity contribution in [2.75, 3.05) is 26.7 Å². The Morgan fingerprint density at radius 3 is 2.29 bits per heavy atom. The fraction of sp³-hybridized carbons (Fsp3) is 1.00. The summed E-state index contributed by atoms with van der Waals surface area (Å²) in [5.74, 6) is 1.02. The molecule has 1 aliphatic carbocycles. The molecular weight excluding hydrogens is 208 g/mol. The molecule has 0 bridgehead atoms. The molecule has 2 nitrogen and oxygen atoms in total. The first kappa shape index (κ1) is 13.4.